The van der Waals surface area contributed by atoms with Gasteiger partial charge >= 0.3 is 5.97 Å². The Hall–Kier alpha value is -3.81. The van der Waals surface area contributed by atoms with E-state index in [0.29, 0.717) is 23.9 Å². The Morgan fingerprint density at radius 1 is 1.03 bits per heavy atom. The van der Waals surface area contributed by atoms with Crippen LogP contribution in [0.25, 0.3) is 0 Å². The van der Waals surface area contributed by atoms with E-state index in [1.165, 1.54) is 23.7 Å². The lowest BCUT2D eigenvalue weighted by molar-refractivity contribution is -0.132. The van der Waals surface area contributed by atoms with Crippen LogP contribution in [-0.2, 0) is 17.6 Å². The summed E-state index contributed by atoms with van der Waals surface area (Å²) < 4.78 is 5.12. The highest BCUT2D eigenvalue weighted by molar-refractivity contribution is 5.94. The van der Waals surface area contributed by atoms with Crippen LogP contribution in [0.5, 0.6) is 5.75 Å². The molecule has 8 heteroatoms. The van der Waals surface area contributed by atoms with Crippen molar-refractivity contribution in [3.63, 3.8) is 0 Å². The summed E-state index contributed by atoms with van der Waals surface area (Å²) in [5.41, 5.74) is 10.6. The Morgan fingerprint density at radius 3 is 2.31 bits per heavy atom. The first-order chi connectivity index (χ1) is 16.8. The van der Waals surface area contributed by atoms with Crippen molar-refractivity contribution in [3.05, 3.63) is 76.6 Å². The molecule has 4 rings (SSSR count). The number of piperidine rings is 1. The molecular weight excluding hydrogens is 442 g/mol. The van der Waals surface area contributed by atoms with Crippen LogP contribution < -0.4 is 15.4 Å². The van der Waals surface area contributed by atoms with E-state index in [1.54, 1.807) is 6.92 Å². The summed E-state index contributed by atoms with van der Waals surface area (Å²) in [5.74, 6) is -0.269. The van der Waals surface area contributed by atoms with Gasteiger partial charge in [0.05, 0.1) is 5.69 Å². The quantitative estimate of drug-likeness (QED) is 0.522. The van der Waals surface area contributed by atoms with Crippen LogP contribution >= 0.6 is 0 Å². The first-order valence-corrected chi connectivity index (χ1v) is 11.9. The van der Waals surface area contributed by atoms with E-state index in [2.05, 4.69) is 50.2 Å². The maximum Gasteiger partial charge on any atom is 0.308 e. The number of aromatic nitrogens is 3. The number of hydrogen-bond acceptors (Lipinski definition) is 7. The lowest BCUT2D eigenvalue weighted by Crippen LogP contribution is -2.34. The molecule has 3 aromatic rings. The van der Waals surface area contributed by atoms with Gasteiger partial charge in [-0.05, 0) is 68.4 Å². The fourth-order valence-corrected chi connectivity index (χ4v) is 4.46. The number of carbonyl (C=O) groups is 2. The Morgan fingerprint density at radius 2 is 1.71 bits per heavy atom. The highest BCUT2D eigenvalue weighted by Gasteiger charge is 2.24. The summed E-state index contributed by atoms with van der Waals surface area (Å²) in [5, 5.41) is 0. The van der Waals surface area contributed by atoms with E-state index in [1.807, 2.05) is 19.2 Å². The molecule has 1 saturated heterocycles. The number of carbonyl (C=O) groups excluding carboxylic acids is 2. The third-order valence-corrected chi connectivity index (χ3v) is 6.33. The van der Waals surface area contributed by atoms with Gasteiger partial charge in [0.2, 0.25) is 0 Å². The van der Waals surface area contributed by atoms with Gasteiger partial charge in [-0.15, -0.1) is 0 Å². The van der Waals surface area contributed by atoms with E-state index in [-0.39, 0.29) is 11.4 Å². The van der Waals surface area contributed by atoms with Crippen LogP contribution in [0.1, 0.15) is 58.6 Å². The SMILES string of the molecule is CC(=O)Oc1c(C)nc(CC2CCN(c3ccc(Cc4ccc(C)nc4)cc3)CC2)nc1C(N)=O. The minimum Gasteiger partial charge on any atom is -0.422 e. The van der Waals surface area contributed by atoms with E-state index in [9.17, 15) is 9.59 Å². The molecule has 0 saturated carbocycles. The predicted octanol–water partition coefficient (Wildman–Crippen LogP) is 3.56. The highest BCUT2D eigenvalue weighted by atomic mass is 16.5. The Kier molecular flexibility index (Phi) is 7.39. The molecule has 0 atom stereocenters. The summed E-state index contributed by atoms with van der Waals surface area (Å²) in [4.78, 5) is 38.8. The van der Waals surface area contributed by atoms with Crippen molar-refractivity contribution in [2.24, 2.45) is 11.7 Å². The number of nitrogens with zero attached hydrogens (tertiary/aromatic N) is 4. The molecule has 0 bridgehead atoms. The van der Waals surface area contributed by atoms with Gasteiger partial charge in [0.25, 0.3) is 5.91 Å². The zero-order chi connectivity index (χ0) is 24.9. The molecule has 0 unspecified atom stereocenters. The number of hydrogen-bond donors (Lipinski definition) is 1. The fourth-order valence-electron chi connectivity index (χ4n) is 4.46. The summed E-state index contributed by atoms with van der Waals surface area (Å²) >= 11 is 0. The van der Waals surface area contributed by atoms with Gasteiger partial charge in [0.1, 0.15) is 5.82 Å². The maximum atomic E-state index is 11.9. The molecule has 35 heavy (non-hydrogen) atoms. The van der Waals surface area contributed by atoms with E-state index in [4.69, 9.17) is 10.5 Å². The van der Waals surface area contributed by atoms with Crippen LogP contribution in [0, 0.1) is 19.8 Å². The van der Waals surface area contributed by atoms with Crippen LogP contribution in [0.4, 0.5) is 5.69 Å². The van der Waals surface area contributed by atoms with Crippen molar-refractivity contribution in [2.75, 3.05) is 18.0 Å². The number of ether oxygens (including phenoxy) is 1. The molecule has 1 amide bonds. The van der Waals surface area contributed by atoms with Crippen molar-refractivity contribution in [2.45, 2.75) is 46.5 Å². The number of rotatable bonds is 7. The van der Waals surface area contributed by atoms with Gasteiger partial charge in [-0.2, -0.15) is 0 Å². The lowest BCUT2D eigenvalue weighted by atomic mass is 9.92. The average Bonchev–Trinajstić information content (AvgIpc) is 2.83. The van der Waals surface area contributed by atoms with Gasteiger partial charge in [0.15, 0.2) is 11.4 Å². The Balaban J connectivity index is 1.35. The van der Waals surface area contributed by atoms with Crippen molar-refractivity contribution in [1.82, 2.24) is 15.0 Å². The van der Waals surface area contributed by atoms with Gasteiger partial charge in [-0.25, -0.2) is 9.97 Å². The van der Waals surface area contributed by atoms with Crippen molar-refractivity contribution >= 4 is 17.6 Å². The van der Waals surface area contributed by atoms with Crippen LogP contribution in [0.3, 0.4) is 0 Å². The molecule has 1 aromatic carbocycles. The number of amides is 1. The van der Waals surface area contributed by atoms with Crippen LogP contribution in [0.15, 0.2) is 42.6 Å². The number of anilines is 1. The molecule has 1 aliphatic heterocycles. The van der Waals surface area contributed by atoms with Crippen molar-refractivity contribution in [3.8, 4) is 5.75 Å². The standard InChI is InChI=1S/C27H31N5O3/c1-17-4-5-22(16-29-17)14-20-6-8-23(9-7-20)32-12-10-21(11-13-32)15-24-30-18(2)26(35-19(3)33)25(31-24)27(28)34/h4-9,16,21H,10-15H2,1-3H3,(H2,28,34). The molecule has 0 aliphatic carbocycles. The first kappa shape index (κ1) is 24.3. The number of aryl methyl sites for hydroxylation is 2. The van der Waals surface area contributed by atoms with Gasteiger partial charge in [-0.1, -0.05) is 18.2 Å². The summed E-state index contributed by atoms with van der Waals surface area (Å²) in [6.45, 7) is 6.84. The molecule has 2 N–H and O–H groups in total. The summed E-state index contributed by atoms with van der Waals surface area (Å²) in [6.07, 6.45) is 5.46. The molecule has 0 radical (unpaired) electrons. The minimum absolute atomic E-state index is 0.0401. The van der Waals surface area contributed by atoms with E-state index < -0.39 is 11.9 Å². The zero-order valence-corrected chi connectivity index (χ0v) is 20.5. The van der Waals surface area contributed by atoms with Gasteiger partial charge in [-0.3, -0.25) is 14.6 Å². The average molecular weight is 474 g/mol. The van der Waals surface area contributed by atoms with Crippen LogP contribution in [-0.4, -0.2) is 39.9 Å². The molecule has 182 valence electrons. The second-order valence-corrected chi connectivity index (χ2v) is 9.15. The number of nitrogens with two attached hydrogens (primary N) is 1. The smallest absolute Gasteiger partial charge is 0.308 e. The second kappa shape index (κ2) is 10.6. The van der Waals surface area contributed by atoms with E-state index >= 15 is 0 Å². The number of pyridine rings is 1. The van der Waals surface area contributed by atoms with Crippen molar-refractivity contribution in [1.29, 1.82) is 0 Å². The molecule has 3 heterocycles. The molecule has 8 nitrogen and oxygen atoms in total. The normalized spacial score (nSPS) is 14.1. The predicted molar refractivity (Wildman–Crippen MR) is 133 cm³/mol. The summed E-state index contributed by atoms with van der Waals surface area (Å²) in [6, 6.07) is 12.9. The highest BCUT2D eigenvalue weighted by Crippen LogP contribution is 2.27. The Labute approximate surface area is 205 Å². The molecule has 0 spiro atoms. The molecule has 1 fully saturated rings. The monoisotopic (exact) mass is 473 g/mol. The van der Waals surface area contributed by atoms with Gasteiger partial charge in [0, 0.05) is 44.0 Å². The third-order valence-electron chi connectivity index (χ3n) is 6.33. The largest absolute Gasteiger partial charge is 0.422 e. The number of primary amides is 1. The molecular formula is C27H31N5O3. The van der Waals surface area contributed by atoms with E-state index in [0.717, 1.165) is 38.0 Å². The number of benzene rings is 1. The Bertz CT molecular complexity index is 1200. The van der Waals surface area contributed by atoms with Crippen molar-refractivity contribution < 1.29 is 14.3 Å². The van der Waals surface area contributed by atoms with Crippen LogP contribution in [0.2, 0.25) is 0 Å². The summed E-state index contributed by atoms with van der Waals surface area (Å²) in [7, 11) is 0. The molecule has 1 aliphatic rings. The van der Waals surface area contributed by atoms with Gasteiger partial charge < -0.3 is 15.4 Å². The maximum absolute atomic E-state index is 11.9. The molecule has 2 aromatic heterocycles. The fraction of sp³-hybridized carbons (Fsp3) is 0.370. The minimum atomic E-state index is -0.732. The first-order valence-electron chi connectivity index (χ1n) is 11.9. The lowest BCUT2D eigenvalue weighted by Gasteiger charge is -2.33. The topological polar surface area (TPSA) is 111 Å². The second-order valence-electron chi connectivity index (χ2n) is 9.15. The third kappa shape index (κ3) is 6.20. The number of esters is 1. The zero-order valence-electron chi connectivity index (χ0n) is 20.5.